The Labute approximate surface area is 37.7 Å². The molecule has 0 aromatic carbocycles. The molecule has 0 N–H and O–H groups in total. The lowest BCUT2D eigenvalue weighted by Crippen LogP contribution is -1.94. The Morgan fingerprint density at radius 2 is 1.86 bits per heavy atom. The van der Waals surface area contributed by atoms with E-state index in [0.29, 0.717) is 0 Å². The van der Waals surface area contributed by atoms with Crippen LogP contribution in [-0.2, 0) is 0 Å². The van der Waals surface area contributed by atoms with Crippen molar-refractivity contribution >= 4 is 12.2 Å². The van der Waals surface area contributed by atoms with Crippen LogP contribution in [0.4, 0.5) is 8.78 Å². The molecule has 0 saturated heterocycles. The second-order valence-electron chi connectivity index (χ2n) is 0.850. The monoisotopic (exact) mass is 104 g/mol. The standard InChI is InChI=1S/C2F2N3/c3-1-5-2(4)7-6-1. The molecule has 0 unspecified atom stereocenters. The molecule has 0 aliphatic carbocycles. The van der Waals surface area contributed by atoms with Crippen LogP contribution in [0.3, 0.4) is 0 Å². The molecule has 0 bridgehead atoms. The lowest BCUT2D eigenvalue weighted by molar-refractivity contribution is 0.739. The Kier molecular flexibility index (Phi) is 0.744. The first kappa shape index (κ1) is 4.17. The highest BCUT2D eigenvalue weighted by atomic mass is 19.1. The summed E-state index contributed by atoms with van der Waals surface area (Å²) in [6.07, 6.45) is -2.25. The third-order valence-electron chi connectivity index (χ3n) is 0.400. The van der Waals surface area contributed by atoms with Crippen LogP contribution < -0.4 is 5.43 Å². The van der Waals surface area contributed by atoms with Crippen LogP contribution >= 0.6 is 0 Å². The maximum atomic E-state index is 11.4. The summed E-state index contributed by atoms with van der Waals surface area (Å²) in [4.78, 5) is 2.56. The molecule has 0 aromatic heterocycles. The minimum absolute atomic E-state index is 1.13. The van der Waals surface area contributed by atoms with Crippen molar-refractivity contribution < 1.29 is 8.78 Å². The molecule has 1 heterocycles. The molecule has 0 amide bonds. The first-order chi connectivity index (χ1) is 3.29. The van der Waals surface area contributed by atoms with Gasteiger partial charge in [-0.3, -0.25) is 0 Å². The van der Waals surface area contributed by atoms with Gasteiger partial charge in [0.15, 0.2) is 0 Å². The summed E-state index contributed by atoms with van der Waals surface area (Å²) in [5.41, 5.74) is 2.61. The number of rotatable bonds is 0. The lowest BCUT2D eigenvalue weighted by Gasteiger charge is -1.69. The predicted octanol–water partition coefficient (Wildman–Crippen LogP) is 0.170. The van der Waals surface area contributed by atoms with Crippen molar-refractivity contribution in [2.75, 3.05) is 0 Å². The van der Waals surface area contributed by atoms with Crippen molar-refractivity contribution in [1.29, 1.82) is 0 Å². The third-order valence-corrected chi connectivity index (χ3v) is 0.400. The van der Waals surface area contributed by atoms with E-state index in [9.17, 15) is 8.78 Å². The molecule has 0 saturated carbocycles. The van der Waals surface area contributed by atoms with Crippen LogP contribution in [0.5, 0.6) is 0 Å². The van der Waals surface area contributed by atoms with E-state index in [1.807, 2.05) is 0 Å². The Hall–Kier alpha value is -1.00. The van der Waals surface area contributed by atoms with Crippen LogP contribution in [0.15, 0.2) is 10.1 Å². The van der Waals surface area contributed by atoms with Crippen LogP contribution in [-0.4, -0.2) is 12.2 Å². The van der Waals surface area contributed by atoms with Gasteiger partial charge in [0, 0.05) is 0 Å². The summed E-state index contributed by atoms with van der Waals surface area (Å²) in [6.45, 7) is 0. The minimum atomic E-state index is -1.13. The maximum Gasteiger partial charge on any atom is 0.331 e. The summed E-state index contributed by atoms with van der Waals surface area (Å²) < 4.78 is 22.8. The lowest BCUT2D eigenvalue weighted by atomic mass is 11.2. The average molecular weight is 104 g/mol. The van der Waals surface area contributed by atoms with E-state index in [4.69, 9.17) is 0 Å². The zero-order valence-electron chi connectivity index (χ0n) is 3.10. The summed E-state index contributed by atoms with van der Waals surface area (Å²) in [5, 5.41) is 2.61. The van der Waals surface area contributed by atoms with E-state index in [1.165, 1.54) is 0 Å². The molecule has 1 radical (unpaired) electrons. The van der Waals surface area contributed by atoms with E-state index >= 15 is 0 Å². The van der Waals surface area contributed by atoms with Crippen LogP contribution in [0, 0.1) is 0 Å². The zero-order valence-corrected chi connectivity index (χ0v) is 3.10. The van der Waals surface area contributed by atoms with Gasteiger partial charge in [-0.25, -0.2) is 0 Å². The molecule has 0 spiro atoms. The summed E-state index contributed by atoms with van der Waals surface area (Å²) in [6, 6.07) is 0. The highest BCUT2D eigenvalue weighted by molar-refractivity contribution is 5.91. The molecule has 1 rings (SSSR count). The van der Waals surface area contributed by atoms with Gasteiger partial charge in [0.05, 0.1) is 0 Å². The normalized spacial score (nSPS) is 18.0. The van der Waals surface area contributed by atoms with Crippen LogP contribution in [0.25, 0.3) is 0 Å². The average Bonchev–Trinajstić information content (AvgIpc) is 1.87. The smallest absolute Gasteiger partial charge is 0.160 e. The topological polar surface area (TPSA) is 38.8 Å². The molecule has 1 aliphatic rings. The van der Waals surface area contributed by atoms with Crippen molar-refractivity contribution in [2.45, 2.75) is 0 Å². The van der Waals surface area contributed by atoms with E-state index < -0.39 is 12.2 Å². The van der Waals surface area contributed by atoms with Crippen molar-refractivity contribution in [2.24, 2.45) is 10.1 Å². The second kappa shape index (κ2) is 1.25. The summed E-state index contributed by atoms with van der Waals surface area (Å²) in [7, 11) is 0. The van der Waals surface area contributed by atoms with Gasteiger partial charge in [0.2, 0.25) is 0 Å². The number of nitrogens with zero attached hydrogens (tertiary/aromatic N) is 3. The van der Waals surface area contributed by atoms with Gasteiger partial charge < -0.3 is 0 Å². The van der Waals surface area contributed by atoms with Gasteiger partial charge in [-0.15, -0.1) is 0 Å². The molecule has 7 heavy (non-hydrogen) atoms. The van der Waals surface area contributed by atoms with Gasteiger partial charge in [0.1, 0.15) is 0 Å². The van der Waals surface area contributed by atoms with Crippen molar-refractivity contribution in [1.82, 2.24) is 5.43 Å². The van der Waals surface area contributed by atoms with E-state index in [1.54, 1.807) is 0 Å². The van der Waals surface area contributed by atoms with Crippen molar-refractivity contribution in [3.05, 3.63) is 0 Å². The van der Waals surface area contributed by atoms with Crippen LogP contribution in [0.1, 0.15) is 0 Å². The maximum absolute atomic E-state index is 11.4. The second-order valence-corrected chi connectivity index (χ2v) is 0.850. The first-order valence-electron chi connectivity index (χ1n) is 1.47. The molecule has 3 nitrogen and oxygen atoms in total. The zero-order chi connectivity index (χ0) is 5.28. The highest BCUT2D eigenvalue weighted by Gasteiger charge is 2.07. The molecule has 0 atom stereocenters. The third kappa shape index (κ3) is 0.703. The summed E-state index contributed by atoms with van der Waals surface area (Å²) in [5.74, 6) is 0. The van der Waals surface area contributed by atoms with Gasteiger partial charge >= 0.3 is 12.2 Å². The SMILES string of the molecule is FC1=NC(F)=N[N]1. The molecule has 0 aromatic rings. The fourth-order valence-corrected chi connectivity index (χ4v) is 0.203. The minimum Gasteiger partial charge on any atom is -0.160 e. The molecule has 5 heteroatoms. The summed E-state index contributed by atoms with van der Waals surface area (Å²) >= 11 is 0. The molecule has 1 aliphatic heterocycles. The number of aliphatic imine (C=N–C) groups is 1. The Morgan fingerprint density at radius 3 is 2.00 bits per heavy atom. The van der Waals surface area contributed by atoms with E-state index in [2.05, 4.69) is 15.5 Å². The highest BCUT2D eigenvalue weighted by Crippen LogP contribution is 1.92. The van der Waals surface area contributed by atoms with E-state index in [0.717, 1.165) is 0 Å². The Balaban J connectivity index is 2.69. The van der Waals surface area contributed by atoms with Gasteiger partial charge in [-0.05, 0) is 0 Å². The molecule has 0 fully saturated rings. The quantitative estimate of drug-likeness (QED) is 0.393. The van der Waals surface area contributed by atoms with Crippen molar-refractivity contribution in [3.63, 3.8) is 0 Å². The number of amidine groups is 2. The van der Waals surface area contributed by atoms with Crippen LogP contribution in [0.2, 0.25) is 0 Å². The first-order valence-corrected chi connectivity index (χ1v) is 1.47. The number of hydrogen-bond acceptors (Lipinski definition) is 2. The van der Waals surface area contributed by atoms with E-state index in [-0.39, 0.29) is 0 Å². The van der Waals surface area contributed by atoms with Gasteiger partial charge in [0.25, 0.3) is 0 Å². The number of hydrogen-bond donors (Lipinski definition) is 0. The Bertz CT molecular complexity index is 138. The largest absolute Gasteiger partial charge is 0.331 e. The van der Waals surface area contributed by atoms with Gasteiger partial charge in [-0.2, -0.15) is 13.8 Å². The molecular weight excluding hydrogens is 104 g/mol. The fourth-order valence-electron chi connectivity index (χ4n) is 0.203. The molecular formula is C2F2N3. The predicted molar refractivity (Wildman–Crippen MR) is 19.2 cm³/mol. The fraction of sp³-hybridized carbons (Fsp3) is 0. The number of halogens is 2. The van der Waals surface area contributed by atoms with Crippen molar-refractivity contribution in [3.8, 4) is 0 Å². The Morgan fingerprint density at radius 1 is 1.14 bits per heavy atom. The molecule has 37 valence electrons. The van der Waals surface area contributed by atoms with Gasteiger partial charge in [-0.1, -0.05) is 10.5 Å².